The van der Waals surface area contributed by atoms with E-state index in [1.54, 1.807) is 0 Å². The van der Waals surface area contributed by atoms with Crippen LogP contribution >= 0.6 is 0 Å². The summed E-state index contributed by atoms with van der Waals surface area (Å²) in [6, 6.07) is 0. The monoisotopic (exact) mass is 414 g/mol. The summed E-state index contributed by atoms with van der Waals surface area (Å²) in [5, 5.41) is 0. The maximum absolute atomic E-state index is 11.8. The molecule has 0 N–H and O–H groups in total. The van der Waals surface area contributed by atoms with E-state index in [2.05, 4.69) is 9.47 Å². The first kappa shape index (κ1) is 24.5. The maximum Gasteiger partial charge on any atom is 0.702 e. The molecule has 11 nitrogen and oxygen atoms in total. The van der Waals surface area contributed by atoms with E-state index >= 15 is 0 Å². The normalized spacial score (nSPS) is 11.3. The third-order valence-corrected chi connectivity index (χ3v) is 4.14. The predicted molar refractivity (Wildman–Crippen MR) is 92.0 cm³/mol. The third-order valence-electron chi connectivity index (χ3n) is 2.43. The minimum Gasteiger partial charge on any atom is -0.466 e. The zero-order valence-corrected chi connectivity index (χ0v) is 16.5. The van der Waals surface area contributed by atoms with Gasteiger partial charge >= 0.3 is 38.7 Å². The lowest BCUT2D eigenvalue weighted by atomic mass is 10.4. The quantitative estimate of drug-likeness (QED) is 0.280. The number of ketones is 1. The molecule has 12 heteroatoms. The molecule has 0 heterocycles. The van der Waals surface area contributed by atoms with Gasteiger partial charge in [-0.15, -0.1) is 0 Å². The number of methoxy groups -OCH3 is 2. The summed E-state index contributed by atoms with van der Waals surface area (Å²) in [5.74, 6) is -5.66. The summed E-state index contributed by atoms with van der Waals surface area (Å²) in [4.78, 5) is 68.2. The zero-order valence-electron chi connectivity index (χ0n) is 15.5. The molecule has 0 spiro atoms. The largest absolute Gasteiger partial charge is 0.702 e. The van der Waals surface area contributed by atoms with E-state index in [0.29, 0.717) is 12.2 Å². The van der Waals surface area contributed by atoms with Gasteiger partial charge in [0.25, 0.3) is 0 Å². The highest BCUT2D eigenvalue weighted by Gasteiger charge is 2.46. The Labute approximate surface area is 160 Å². The van der Waals surface area contributed by atoms with Crippen LogP contribution in [0.1, 0.15) is 6.92 Å². The average Bonchev–Trinajstić information content (AvgIpc) is 2.61. The van der Waals surface area contributed by atoms with E-state index in [1.165, 1.54) is 6.92 Å². The van der Waals surface area contributed by atoms with Crippen molar-refractivity contribution in [1.82, 2.24) is 0 Å². The van der Waals surface area contributed by atoms with Crippen LogP contribution in [0.25, 0.3) is 0 Å². The second-order valence-electron chi connectivity index (χ2n) is 4.78. The van der Waals surface area contributed by atoms with E-state index in [9.17, 15) is 28.8 Å². The second kappa shape index (κ2) is 12.0. The van der Waals surface area contributed by atoms with Crippen LogP contribution in [0.4, 0.5) is 0 Å². The van der Waals surface area contributed by atoms with Gasteiger partial charge in [0.05, 0.1) is 14.2 Å². The van der Waals surface area contributed by atoms with Gasteiger partial charge in [0.1, 0.15) is 0 Å². The van der Waals surface area contributed by atoms with Gasteiger partial charge in [-0.25, -0.2) is 24.0 Å². The van der Waals surface area contributed by atoms with Crippen LogP contribution in [0.15, 0.2) is 36.5 Å². The Kier molecular flexibility index (Phi) is 10.4. The Morgan fingerprint density at radius 2 is 0.857 bits per heavy atom. The van der Waals surface area contributed by atoms with Crippen molar-refractivity contribution in [3.05, 3.63) is 36.5 Å². The molecule has 152 valence electrons. The minimum absolute atomic E-state index is 0.462. The molecule has 0 amide bonds. The van der Waals surface area contributed by atoms with Crippen LogP contribution in [-0.4, -0.2) is 58.7 Å². The molecule has 0 radical (unpaired) electrons. The Bertz CT molecular complexity index is 693. The molecular weight excluding hydrogens is 396 g/mol. The van der Waals surface area contributed by atoms with Crippen LogP contribution in [0, 0.1) is 0 Å². The maximum atomic E-state index is 11.8. The van der Waals surface area contributed by atoms with Crippen molar-refractivity contribution >= 4 is 44.4 Å². The Morgan fingerprint density at radius 1 is 0.571 bits per heavy atom. The predicted octanol–water partition coefficient (Wildman–Crippen LogP) is -0.212. The van der Waals surface area contributed by atoms with Crippen molar-refractivity contribution in [2.75, 3.05) is 14.2 Å². The van der Waals surface area contributed by atoms with Gasteiger partial charge in [-0.2, -0.15) is 0 Å². The lowest BCUT2D eigenvalue weighted by Gasteiger charge is -2.22. The highest BCUT2D eigenvalue weighted by molar-refractivity contribution is 6.64. The standard InChI is InChI=1S/C16H18O11Si/c1-11(17)5-6-14(20)25-28(4,26-15(21)9-7-12(18)23-2)27-16(22)10-8-13(19)24-3/h5-10H,1-4H3/b6-5+,9-7+,10-8+. The second-order valence-corrected chi connectivity index (χ2v) is 7.12. The van der Waals surface area contributed by atoms with Gasteiger partial charge in [-0.3, -0.25) is 4.79 Å². The number of carbonyl (C=O) groups is 6. The number of allylic oxidation sites excluding steroid dienone is 1. The van der Waals surface area contributed by atoms with Gasteiger partial charge < -0.3 is 22.8 Å². The molecule has 0 aromatic carbocycles. The first-order chi connectivity index (χ1) is 13.0. The summed E-state index contributed by atoms with van der Waals surface area (Å²) in [6.45, 7) is 2.20. The summed E-state index contributed by atoms with van der Waals surface area (Å²) in [6.07, 6.45) is 4.41. The smallest absolute Gasteiger partial charge is 0.466 e. The molecule has 0 aromatic rings. The fraction of sp³-hybridized carbons (Fsp3) is 0.250. The fourth-order valence-electron chi connectivity index (χ4n) is 1.31. The first-order valence-electron chi connectivity index (χ1n) is 7.41. The van der Waals surface area contributed by atoms with Crippen molar-refractivity contribution < 1.29 is 51.5 Å². The molecule has 0 aliphatic rings. The fourth-order valence-corrected chi connectivity index (χ4v) is 2.73. The van der Waals surface area contributed by atoms with Crippen LogP contribution in [0.3, 0.4) is 0 Å². The zero-order chi connectivity index (χ0) is 21.7. The van der Waals surface area contributed by atoms with Gasteiger partial charge in [-0.05, 0) is 13.0 Å². The molecule has 0 aliphatic heterocycles. The highest BCUT2D eigenvalue weighted by Crippen LogP contribution is 2.12. The van der Waals surface area contributed by atoms with Gasteiger partial charge in [0.2, 0.25) is 0 Å². The highest BCUT2D eigenvalue weighted by atomic mass is 28.4. The molecular formula is C16H18O11Si. The average molecular weight is 414 g/mol. The van der Waals surface area contributed by atoms with E-state index < -0.39 is 44.4 Å². The molecule has 0 rings (SSSR count). The Balaban J connectivity index is 5.38. The van der Waals surface area contributed by atoms with Crippen molar-refractivity contribution in [2.45, 2.75) is 13.5 Å². The molecule has 0 unspecified atom stereocenters. The number of carbonyl (C=O) groups excluding carboxylic acids is 6. The summed E-state index contributed by atoms with van der Waals surface area (Å²) >= 11 is 0. The number of hydrogen-bond donors (Lipinski definition) is 0. The molecule has 0 bridgehead atoms. The van der Waals surface area contributed by atoms with E-state index in [-0.39, 0.29) is 0 Å². The SMILES string of the molecule is COC(=O)/C=C/C(=O)O[Si](C)(OC(=O)/C=C/C(C)=O)OC(=O)/C=C/C(=O)OC. The Hall–Kier alpha value is -3.54. The topological polar surface area (TPSA) is 149 Å². The van der Waals surface area contributed by atoms with E-state index in [0.717, 1.165) is 45.1 Å². The molecule has 28 heavy (non-hydrogen) atoms. The van der Waals surface area contributed by atoms with Crippen molar-refractivity contribution in [3.8, 4) is 0 Å². The van der Waals surface area contributed by atoms with Crippen molar-refractivity contribution in [3.63, 3.8) is 0 Å². The minimum atomic E-state index is -4.29. The van der Waals surface area contributed by atoms with Crippen LogP contribution in [0.2, 0.25) is 6.55 Å². The van der Waals surface area contributed by atoms with E-state index in [4.69, 9.17) is 13.3 Å². The molecule has 0 aliphatic carbocycles. The molecule has 0 aromatic heterocycles. The van der Waals surface area contributed by atoms with E-state index in [1.807, 2.05) is 0 Å². The number of rotatable bonds is 9. The van der Waals surface area contributed by atoms with Crippen LogP contribution in [0.5, 0.6) is 0 Å². The first-order valence-corrected chi connectivity index (χ1v) is 9.63. The van der Waals surface area contributed by atoms with Gasteiger partial charge in [0, 0.05) is 36.9 Å². The Morgan fingerprint density at radius 3 is 1.14 bits per heavy atom. The van der Waals surface area contributed by atoms with Crippen molar-refractivity contribution in [2.24, 2.45) is 0 Å². The van der Waals surface area contributed by atoms with Crippen molar-refractivity contribution in [1.29, 1.82) is 0 Å². The third kappa shape index (κ3) is 11.1. The summed E-state index contributed by atoms with van der Waals surface area (Å²) < 4.78 is 23.2. The molecule has 0 atom stereocenters. The van der Waals surface area contributed by atoms with Gasteiger partial charge in [-0.1, -0.05) is 0 Å². The lowest BCUT2D eigenvalue weighted by molar-refractivity contribution is -0.145. The number of esters is 2. The van der Waals surface area contributed by atoms with Gasteiger partial charge in [0.15, 0.2) is 5.78 Å². The number of ether oxygens (including phenoxy) is 2. The molecule has 0 fully saturated rings. The number of hydrogen-bond acceptors (Lipinski definition) is 11. The molecule has 0 saturated heterocycles. The summed E-state index contributed by atoms with van der Waals surface area (Å²) in [7, 11) is -2.14. The molecule has 0 saturated carbocycles. The van der Waals surface area contributed by atoms with Crippen LogP contribution in [-0.2, 0) is 51.5 Å². The van der Waals surface area contributed by atoms with Crippen LogP contribution < -0.4 is 0 Å². The lowest BCUT2D eigenvalue weighted by Crippen LogP contribution is -2.46. The summed E-state index contributed by atoms with van der Waals surface area (Å²) in [5.41, 5.74) is 0.